The zero-order valence-corrected chi connectivity index (χ0v) is 13.6. The van der Waals surface area contributed by atoms with Gasteiger partial charge in [-0.15, -0.1) is 0 Å². The number of carbonyl (C=O) groups excluding carboxylic acids is 2. The molecule has 128 valence electrons. The lowest BCUT2D eigenvalue weighted by atomic mass is 10.2. The molecule has 2 aromatic rings. The molecule has 1 amide bonds. The number of ether oxygens (including phenoxy) is 1. The van der Waals surface area contributed by atoms with Crippen LogP contribution < -0.4 is 10.6 Å². The number of carbonyl (C=O) groups is 2. The molecule has 0 unspecified atom stereocenters. The monoisotopic (exact) mass is 339 g/mol. The SMILES string of the molecule is CCOC(=O)/C(C#N)=C\Nc1cccc(C(=O)NCc2ccco2)c1. The summed E-state index contributed by atoms with van der Waals surface area (Å²) in [5.74, 6) is -0.321. The van der Waals surface area contributed by atoms with Crippen molar-refractivity contribution in [2.24, 2.45) is 0 Å². The molecule has 0 aliphatic heterocycles. The average molecular weight is 339 g/mol. The first-order valence-corrected chi connectivity index (χ1v) is 7.58. The summed E-state index contributed by atoms with van der Waals surface area (Å²) in [6, 6.07) is 11.9. The lowest BCUT2D eigenvalue weighted by Crippen LogP contribution is -2.22. The van der Waals surface area contributed by atoms with Gasteiger partial charge in [-0.1, -0.05) is 6.07 Å². The minimum atomic E-state index is -0.704. The van der Waals surface area contributed by atoms with Crippen LogP contribution in [0, 0.1) is 11.3 Å². The average Bonchev–Trinajstić information content (AvgIpc) is 3.14. The van der Waals surface area contributed by atoms with E-state index in [2.05, 4.69) is 10.6 Å². The maximum Gasteiger partial charge on any atom is 0.350 e. The second-order valence-corrected chi connectivity index (χ2v) is 4.88. The van der Waals surface area contributed by atoms with Crippen molar-refractivity contribution in [1.29, 1.82) is 5.26 Å². The highest BCUT2D eigenvalue weighted by Gasteiger charge is 2.10. The summed E-state index contributed by atoms with van der Waals surface area (Å²) in [6.45, 7) is 2.12. The number of nitrogens with zero attached hydrogens (tertiary/aromatic N) is 1. The van der Waals surface area contributed by atoms with Crippen LogP contribution in [0.3, 0.4) is 0 Å². The number of hydrogen-bond donors (Lipinski definition) is 2. The van der Waals surface area contributed by atoms with Gasteiger partial charge in [0, 0.05) is 17.5 Å². The molecule has 0 aliphatic rings. The van der Waals surface area contributed by atoms with Gasteiger partial charge in [-0.3, -0.25) is 4.79 Å². The minimum Gasteiger partial charge on any atom is -0.467 e. The van der Waals surface area contributed by atoms with Crippen LogP contribution in [0.4, 0.5) is 5.69 Å². The van der Waals surface area contributed by atoms with Crippen LogP contribution in [0.15, 0.2) is 58.9 Å². The molecule has 0 spiro atoms. The van der Waals surface area contributed by atoms with Crippen LogP contribution in [0.5, 0.6) is 0 Å². The first-order chi connectivity index (χ1) is 12.1. The van der Waals surface area contributed by atoms with Crippen LogP contribution >= 0.6 is 0 Å². The Labute approximate surface area is 144 Å². The summed E-state index contributed by atoms with van der Waals surface area (Å²) < 4.78 is 9.92. The van der Waals surface area contributed by atoms with Crippen molar-refractivity contribution in [3.63, 3.8) is 0 Å². The van der Waals surface area contributed by atoms with Crippen LogP contribution in [-0.2, 0) is 16.1 Å². The van der Waals surface area contributed by atoms with Gasteiger partial charge in [-0.25, -0.2) is 4.79 Å². The summed E-state index contributed by atoms with van der Waals surface area (Å²) in [5, 5.41) is 14.5. The highest BCUT2D eigenvalue weighted by atomic mass is 16.5. The predicted molar refractivity (Wildman–Crippen MR) is 90.3 cm³/mol. The first kappa shape index (κ1) is 17.8. The van der Waals surface area contributed by atoms with E-state index in [0.717, 1.165) is 0 Å². The van der Waals surface area contributed by atoms with Gasteiger partial charge in [0.15, 0.2) is 5.57 Å². The van der Waals surface area contributed by atoms with E-state index in [0.29, 0.717) is 17.0 Å². The third-order valence-corrected chi connectivity index (χ3v) is 3.13. The first-order valence-electron chi connectivity index (χ1n) is 7.58. The highest BCUT2D eigenvalue weighted by molar-refractivity contribution is 5.95. The summed E-state index contributed by atoms with van der Waals surface area (Å²) >= 11 is 0. The van der Waals surface area contributed by atoms with E-state index in [-0.39, 0.29) is 24.6 Å². The summed E-state index contributed by atoms with van der Waals surface area (Å²) in [5.41, 5.74) is 0.830. The van der Waals surface area contributed by atoms with Crippen LogP contribution in [-0.4, -0.2) is 18.5 Å². The van der Waals surface area contributed by atoms with E-state index in [1.807, 2.05) is 0 Å². The van der Waals surface area contributed by atoms with Gasteiger partial charge in [0.2, 0.25) is 0 Å². The molecule has 2 N–H and O–H groups in total. The van der Waals surface area contributed by atoms with Crippen molar-refractivity contribution in [2.45, 2.75) is 13.5 Å². The van der Waals surface area contributed by atoms with E-state index in [1.165, 1.54) is 12.5 Å². The van der Waals surface area contributed by atoms with Gasteiger partial charge in [0.25, 0.3) is 5.91 Å². The normalized spacial score (nSPS) is 10.6. The number of rotatable bonds is 7. The fourth-order valence-electron chi connectivity index (χ4n) is 1.93. The smallest absolute Gasteiger partial charge is 0.350 e. The maximum atomic E-state index is 12.2. The third kappa shape index (κ3) is 5.25. The van der Waals surface area contributed by atoms with E-state index < -0.39 is 5.97 Å². The Morgan fingerprint density at radius 3 is 2.84 bits per heavy atom. The Balaban J connectivity index is 2.01. The van der Waals surface area contributed by atoms with Crippen molar-refractivity contribution < 1.29 is 18.7 Å². The van der Waals surface area contributed by atoms with Crippen molar-refractivity contribution in [3.8, 4) is 6.07 Å². The predicted octanol–water partition coefficient (Wildman–Crippen LogP) is 2.59. The van der Waals surface area contributed by atoms with Gasteiger partial charge < -0.3 is 19.8 Å². The summed E-state index contributed by atoms with van der Waals surface area (Å²) in [4.78, 5) is 23.7. The number of amides is 1. The molecule has 0 atom stereocenters. The Bertz CT molecular complexity index is 804. The van der Waals surface area contributed by atoms with Crippen LogP contribution in [0.1, 0.15) is 23.0 Å². The number of nitrogens with one attached hydrogen (secondary N) is 2. The number of esters is 1. The summed E-state index contributed by atoms with van der Waals surface area (Å²) in [7, 11) is 0. The molecule has 0 aliphatic carbocycles. The zero-order valence-electron chi connectivity index (χ0n) is 13.6. The molecule has 1 aromatic heterocycles. The third-order valence-electron chi connectivity index (χ3n) is 3.13. The Morgan fingerprint density at radius 2 is 2.16 bits per heavy atom. The largest absolute Gasteiger partial charge is 0.467 e. The molecule has 25 heavy (non-hydrogen) atoms. The molecule has 7 heteroatoms. The number of anilines is 1. The van der Waals surface area contributed by atoms with Gasteiger partial charge in [0.1, 0.15) is 11.8 Å². The highest BCUT2D eigenvalue weighted by Crippen LogP contribution is 2.12. The molecule has 0 saturated heterocycles. The second kappa shape index (κ2) is 8.93. The molecule has 1 heterocycles. The molecule has 0 fully saturated rings. The second-order valence-electron chi connectivity index (χ2n) is 4.88. The van der Waals surface area contributed by atoms with Crippen molar-refractivity contribution in [2.75, 3.05) is 11.9 Å². The fourth-order valence-corrected chi connectivity index (χ4v) is 1.93. The van der Waals surface area contributed by atoms with E-state index >= 15 is 0 Å². The van der Waals surface area contributed by atoms with Gasteiger partial charge in [0.05, 0.1) is 19.4 Å². The van der Waals surface area contributed by atoms with Gasteiger partial charge in [-0.2, -0.15) is 5.26 Å². The molecule has 1 aromatic carbocycles. The summed E-state index contributed by atoms with van der Waals surface area (Å²) in [6.07, 6.45) is 2.78. The quantitative estimate of drug-likeness (QED) is 0.456. The molecular weight excluding hydrogens is 322 g/mol. The number of furan rings is 1. The zero-order chi connectivity index (χ0) is 18.1. The number of hydrogen-bond acceptors (Lipinski definition) is 6. The van der Waals surface area contributed by atoms with Crippen molar-refractivity contribution in [1.82, 2.24) is 5.32 Å². The molecule has 0 bridgehead atoms. The number of nitriles is 1. The molecule has 7 nitrogen and oxygen atoms in total. The van der Waals surface area contributed by atoms with E-state index in [1.54, 1.807) is 49.4 Å². The van der Waals surface area contributed by atoms with E-state index in [4.69, 9.17) is 14.4 Å². The maximum absolute atomic E-state index is 12.2. The lowest BCUT2D eigenvalue weighted by molar-refractivity contribution is -0.138. The standard InChI is InChI=1S/C18H17N3O4/c1-2-24-18(23)14(10-19)11-20-15-6-3-5-13(9-15)17(22)21-12-16-7-4-8-25-16/h3-9,11,20H,2,12H2,1H3,(H,21,22)/b14-11-. The van der Waals surface area contributed by atoms with E-state index in [9.17, 15) is 9.59 Å². The van der Waals surface area contributed by atoms with Crippen molar-refractivity contribution >= 4 is 17.6 Å². The topological polar surface area (TPSA) is 104 Å². The Kier molecular flexibility index (Phi) is 6.37. The molecular formula is C18H17N3O4. The van der Waals surface area contributed by atoms with Gasteiger partial charge >= 0.3 is 5.97 Å². The molecule has 2 rings (SSSR count). The Morgan fingerprint density at radius 1 is 1.32 bits per heavy atom. The Hall–Kier alpha value is -3.53. The minimum absolute atomic E-state index is 0.158. The molecule has 0 saturated carbocycles. The van der Waals surface area contributed by atoms with Crippen LogP contribution in [0.25, 0.3) is 0 Å². The van der Waals surface area contributed by atoms with Crippen LogP contribution in [0.2, 0.25) is 0 Å². The fraction of sp³-hybridized carbons (Fsp3) is 0.167. The van der Waals surface area contributed by atoms with Gasteiger partial charge in [-0.05, 0) is 37.3 Å². The lowest BCUT2D eigenvalue weighted by Gasteiger charge is -2.06. The molecule has 0 radical (unpaired) electrons. The number of benzene rings is 1. The van der Waals surface area contributed by atoms with Crippen molar-refractivity contribution in [3.05, 3.63) is 65.8 Å².